The van der Waals surface area contributed by atoms with Crippen LogP contribution in [0.4, 0.5) is 10.6 Å². The second-order valence-electron chi connectivity index (χ2n) is 6.18. The number of urea groups is 1. The zero-order valence-electron chi connectivity index (χ0n) is 16.2. The number of hydrogen-bond acceptors (Lipinski definition) is 7. The van der Waals surface area contributed by atoms with Gasteiger partial charge in [0.25, 0.3) is 5.91 Å². The molecule has 0 aliphatic rings. The number of aromatic nitrogens is 3. The van der Waals surface area contributed by atoms with Crippen LogP contribution in [-0.4, -0.2) is 33.4 Å². The number of carbonyl (C=O) groups excluding carboxylic acids is 2. The van der Waals surface area contributed by atoms with Crippen molar-refractivity contribution in [1.29, 1.82) is 0 Å². The van der Waals surface area contributed by atoms with Gasteiger partial charge in [-0.25, -0.2) is 20.6 Å². The van der Waals surface area contributed by atoms with E-state index in [-0.39, 0.29) is 6.03 Å². The molecule has 3 heterocycles. The lowest BCUT2D eigenvalue weighted by Crippen LogP contribution is -2.30. The van der Waals surface area contributed by atoms with Gasteiger partial charge >= 0.3 is 6.03 Å². The Bertz CT molecular complexity index is 1060. The van der Waals surface area contributed by atoms with Gasteiger partial charge in [0.05, 0.1) is 21.1 Å². The first-order valence-electron chi connectivity index (χ1n) is 8.88. The number of nitrogens with zero attached hydrogens (tertiary/aromatic N) is 3. The van der Waals surface area contributed by atoms with Crippen molar-refractivity contribution in [3.63, 3.8) is 0 Å². The van der Waals surface area contributed by atoms with Crippen LogP contribution in [0.5, 0.6) is 0 Å². The Hall–Kier alpha value is -3.37. The molecule has 0 fully saturated rings. The van der Waals surface area contributed by atoms with Gasteiger partial charge in [-0.05, 0) is 32.9 Å². The van der Waals surface area contributed by atoms with E-state index in [1.807, 2.05) is 20.8 Å². The van der Waals surface area contributed by atoms with E-state index in [0.29, 0.717) is 23.5 Å². The topological polar surface area (TPSA) is 135 Å². The minimum Gasteiger partial charge on any atom is -0.338 e. The number of aryl methyl sites for hydroxylation is 2. The lowest BCUT2D eigenvalue weighted by Gasteiger charge is -2.12. The third-order valence-corrected chi connectivity index (χ3v) is 5.18. The second kappa shape index (κ2) is 8.76. The van der Waals surface area contributed by atoms with Crippen LogP contribution in [-0.2, 0) is 0 Å². The van der Waals surface area contributed by atoms with Crippen molar-refractivity contribution in [2.24, 2.45) is 5.84 Å². The molecule has 0 aromatic carbocycles. The molecule has 3 aromatic rings. The van der Waals surface area contributed by atoms with Crippen molar-refractivity contribution in [3.8, 4) is 21.6 Å². The quantitative estimate of drug-likeness (QED) is 0.290. The minimum absolute atomic E-state index is 0.331. The summed E-state index contributed by atoms with van der Waals surface area (Å²) in [4.78, 5) is 37.8. The van der Waals surface area contributed by atoms with Gasteiger partial charge < -0.3 is 5.32 Å². The Morgan fingerprint density at radius 1 is 1.14 bits per heavy atom. The van der Waals surface area contributed by atoms with E-state index >= 15 is 0 Å². The highest BCUT2D eigenvalue weighted by atomic mass is 32.1. The van der Waals surface area contributed by atoms with Crippen LogP contribution in [0.15, 0.2) is 30.7 Å². The normalized spacial score (nSPS) is 10.5. The highest BCUT2D eigenvalue weighted by Gasteiger charge is 2.17. The maximum atomic E-state index is 11.9. The summed E-state index contributed by atoms with van der Waals surface area (Å²) in [6.07, 6.45) is 4.73. The first-order valence-corrected chi connectivity index (χ1v) is 9.70. The molecule has 29 heavy (non-hydrogen) atoms. The smallest absolute Gasteiger partial charge is 0.320 e. The predicted molar refractivity (Wildman–Crippen MR) is 112 cm³/mol. The van der Waals surface area contributed by atoms with Gasteiger partial charge in [0.1, 0.15) is 5.82 Å². The molecule has 0 aliphatic carbocycles. The minimum atomic E-state index is -0.437. The lowest BCUT2D eigenvalue weighted by atomic mass is 10.00. The van der Waals surface area contributed by atoms with Crippen molar-refractivity contribution in [2.45, 2.75) is 20.8 Å². The highest BCUT2D eigenvalue weighted by Crippen LogP contribution is 2.38. The van der Waals surface area contributed by atoms with Crippen molar-refractivity contribution >= 4 is 29.1 Å². The molecule has 0 spiro atoms. The molecule has 5 N–H and O–H groups in total. The number of anilines is 1. The third-order valence-electron chi connectivity index (χ3n) is 4.07. The summed E-state index contributed by atoms with van der Waals surface area (Å²) in [5.74, 6) is 5.20. The number of thiazole rings is 1. The molecule has 3 aromatic heterocycles. The van der Waals surface area contributed by atoms with Crippen molar-refractivity contribution in [3.05, 3.63) is 47.0 Å². The van der Waals surface area contributed by atoms with Crippen molar-refractivity contribution < 1.29 is 9.59 Å². The fourth-order valence-electron chi connectivity index (χ4n) is 2.84. The first kappa shape index (κ1) is 20.4. The van der Waals surface area contributed by atoms with Gasteiger partial charge in [-0.2, -0.15) is 0 Å². The van der Waals surface area contributed by atoms with Gasteiger partial charge in [0.2, 0.25) is 0 Å². The molecule has 0 saturated heterocycles. The molecule has 150 valence electrons. The Balaban J connectivity index is 2.12. The Morgan fingerprint density at radius 3 is 2.59 bits per heavy atom. The van der Waals surface area contributed by atoms with Crippen LogP contribution in [0.1, 0.15) is 28.0 Å². The fraction of sp³-hybridized carbons (Fsp3) is 0.211. The van der Waals surface area contributed by atoms with Crippen LogP contribution in [0, 0.1) is 13.8 Å². The molecular formula is C19H21N7O2S. The summed E-state index contributed by atoms with van der Waals surface area (Å²) in [6, 6.07) is 3.15. The van der Waals surface area contributed by atoms with Crippen molar-refractivity contribution in [2.75, 3.05) is 11.9 Å². The molecule has 0 unspecified atom stereocenters. The zero-order chi connectivity index (χ0) is 21.0. The average Bonchev–Trinajstić information content (AvgIpc) is 3.05. The fourth-order valence-corrected chi connectivity index (χ4v) is 3.79. The Kier molecular flexibility index (Phi) is 6.15. The number of pyridine rings is 2. The molecule has 0 aliphatic heterocycles. The van der Waals surface area contributed by atoms with Crippen LogP contribution in [0.25, 0.3) is 21.6 Å². The van der Waals surface area contributed by atoms with Crippen LogP contribution in [0.3, 0.4) is 0 Å². The van der Waals surface area contributed by atoms with E-state index in [2.05, 4.69) is 31.0 Å². The molecule has 3 amide bonds. The highest BCUT2D eigenvalue weighted by molar-refractivity contribution is 7.15. The lowest BCUT2D eigenvalue weighted by molar-refractivity contribution is 0.0953. The number of nitrogen functional groups attached to an aromatic ring is 1. The van der Waals surface area contributed by atoms with E-state index in [9.17, 15) is 9.59 Å². The second-order valence-corrected chi connectivity index (χ2v) is 7.39. The van der Waals surface area contributed by atoms with E-state index in [0.717, 1.165) is 26.7 Å². The number of carbonyl (C=O) groups is 2. The van der Waals surface area contributed by atoms with Gasteiger partial charge in [0.15, 0.2) is 0 Å². The van der Waals surface area contributed by atoms with Crippen LogP contribution >= 0.6 is 11.3 Å². The van der Waals surface area contributed by atoms with Gasteiger partial charge in [0, 0.05) is 41.8 Å². The third kappa shape index (κ3) is 4.55. The summed E-state index contributed by atoms with van der Waals surface area (Å²) in [5.41, 5.74) is 5.60. The average molecular weight is 411 g/mol. The Labute approximate surface area is 171 Å². The number of hydrogen-bond donors (Lipinski definition) is 4. The molecular weight excluding hydrogens is 390 g/mol. The van der Waals surface area contributed by atoms with E-state index in [4.69, 9.17) is 5.84 Å². The summed E-state index contributed by atoms with van der Waals surface area (Å²) in [5, 5.41) is 6.32. The number of rotatable bonds is 5. The standard InChI is InChI=1S/C19H21N7O2S/c1-4-22-19(28)25-16-6-14(17-10(2)24-11(3)29-17)15(9-23-16)12-5-13(8-21-7-12)18(27)26-20/h5-9H,4,20H2,1-3H3,(H,26,27)(H2,22,23,25,28). The molecule has 9 nitrogen and oxygen atoms in total. The molecule has 0 atom stereocenters. The summed E-state index contributed by atoms with van der Waals surface area (Å²) >= 11 is 1.54. The van der Waals surface area contributed by atoms with E-state index < -0.39 is 5.91 Å². The maximum absolute atomic E-state index is 11.9. The van der Waals surface area contributed by atoms with E-state index in [1.54, 1.807) is 35.9 Å². The summed E-state index contributed by atoms with van der Waals surface area (Å²) in [7, 11) is 0. The van der Waals surface area contributed by atoms with Gasteiger partial charge in [-0.3, -0.25) is 20.5 Å². The monoisotopic (exact) mass is 411 g/mol. The number of nitrogens with two attached hydrogens (primary N) is 1. The molecule has 0 bridgehead atoms. The van der Waals surface area contributed by atoms with Crippen LogP contribution < -0.4 is 21.9 Å². The van der Waals surface area contributed by atoms with Gasteiger partial charge in [-0.1, -0.05) is 0 Å². The number of nitrogens with one attached hydrogen (secondary N) is 3. The SMILES string of the molecule is CCNC(=O)Nc1cc(-c2sc(C)nc2C)c(-c2cncc(C(=O)NN)c2)cn1. The first-order chi connectivity index (χ1) is 13.9. The zero-order valence-corrected chi connectivity index (χ0v) is 17.1. The van der Waals surface area contributed by atoms with Gasteiger partial charge in [-0.15, -0.1) is 11.3 Å². The summed E-state index contributed by atoms with van der Waals surface area (Å²) < 4.78 is 0. The predicted octanol–water partition coefficient (Wildman–Crippen LogP) is 2.63. The summed E-state index contributed by atoms with van der Waals surface area (Å²) in [6.45, 7) is 6.20. The number of hydrazine groups is 1. The largest absolute Gasteiger partial charge is 0.338 e. The molecule has 0 saturated carbocycles. The number of amides is 3. The molecule has 10 heteroatoms. The van der Waals surface area contributed by atoms with E-state index in [1.165, 1.54) is 6.20 Å². The maximum Gasteiger partial charge on any atom is 0.320 e. The van der Waals surface area contributed by atoms with Crippen LogP contribution in [0.2, 0.25) is 0 Å². The Morgan fingerprint density at radius 2 is 1.93 bits per heavy atom. The molecule has 3 rings (SSSR count). The van der Waals surface area contributed by atoms with Crippen molar-refractivity contribution in [1.82, 2.24) is 25.7 Å². The molecule has 0 radical (unpaired) electrons.